The molecule has 1 amide bonds. The van der Waals surface area contributed by atoms with Crippen LogP contribution in [-0.4, -0.2) is 74.3 Å². The van der Waals surface area contributed by atoms with Crippen molar-refractivity contribution in [3.05, 3.63) is 24.2 Å². The second kappa shape index (κ2) is 13.2. The van der Waals surface area contributed by atoms with Crippen molar-refractivity contribution in [2.45, 2.75) is 116 Å². The number of nitriles is 1. The Balaban J connectivity index is 1.60. The molecule has 2 aromatic heterocycles. The molecular formula is C31H44N6O8. The lowest BCUT2D eigenvalue weighted by molar-refractivity contribution is -0.163. The zero-order valence-electron chi connectivity index (χ0n) is 26.7. The molecule has 2 aliphatic rings. The molecule has 0 unspecified atom stereocenters. The predicted octanol–water partition coefficient (Wildman–Crippen LogP) is 3.15. The van der Waals surface area contributed by atoms with E-state index in [1.54, 1.807) is 47.6 Å². The van der Waals surface area contributed by atoms with Crippen LogP contribution in [0.4, 0.5) is 10.6 Å². The Morgan fingerprint density at radius 1 is 1.20 bits per heavy atom. The van der Waals surface area contributed by atoms with Gasteiger partial charge in [0.2, 0.25) is 5.60 Å². The second-order valence-electron chi connectivity index (χ2n) is 13.8. The number of aromatic nitrogens is 3. The zero-order valence-corrected chi connectivity index (χ0v) is 26.7. The SMILES string of the molecule is CC(C)(C)OC(=O)N[C@H](C(=O)OC[C@H]1O[C@@](C#N)(c2ccc3c(N)ncnn23)[C@H](O)[C@@H]1OC(=O)CC1CCCCC1)C(C)(C)C. The third kappa shape index (κ3) is 7.65. The lowest BCUT2D eigenvalue weighted by atomic mass is 9.87. The molecule has 4 rings (SSSR count). The van der Waals surface area contributed by atoms with Crippen molar-refractivity contribution in [2.75, 3.05) is 12.3 Å². The monoisotopic (exact) mass is 628 g/mol. The summed E-state index contributed by atoms with van der Waals surface area (Å²) in [5.74, 6) is -1.06. The highest BCUT2D eigenvalue weighted by molar-refractivity contribution is 5.82. The molecule has 2 fully saturated rings. The molecule has 4 N–H and O–H groups in total. The van der Waals surface area contributed by atoms with Crippen LogP contribution in [0.1, 0.15) is 85.8 Å². The van der Waals surface area contributed by atoms with Gasteiger partial charge in [0.05, 0.1) is 5.69 Å². The first-order valence-corrected chi connectivity index (χ1v) is 15.3. The lowest BCUT2D eigenvalue weighted by Crippen LogP contribution is -2.51. The smallest absolute Gasteiger partial charge is 0.408 e. The standard InChI is InChI=1S/C31H44N6O8/c1-29(2,3)24(36-28(41)45-30(4,5)6)27(40)42-15-20-23(43-22(38)14-18-10-8-7-9-11-18)25(39)31(16-32,44-20)21-13-12-19-26(33)34-17-35-37(19)21/h12-13,17-18,20,23-25,39H,7-11,14-15H2,1-6H3,(H,36,41)(H2,33,34,35)/t20-,23-,24-,25-,31+/m1/s1. The Hall–Kier alpha value is -3.96. The molecule has 2 aromatic rings. The number of amides is 1. The first-order chi connectivity index (χ1) is 21.1. The molecule has 1 saturated heterocycles. The molecule has 1 aliphatic carbocycles. The zero-order chi connectivity index (χ0) is 33.2. The van der Waals surface area contributed by atoms with Crippen LogP contribution in [0.15, 0.2) is 18.5 Å². The number of nitrogens with zero attached hydrogens (tertiary/aromatic N) is 4. The first-order valence-electron chi connectivity index (χ1n) is 15.3. The van der Waals surface area contributed by atoms with Gasteiger partial charge in [0, 0.05) is 6.42 Å². The number of nitrogens with one attached hydrogen (secondary N) is 1. The Morgan fingerprint density at radius 2 is 1.89 bits per heavy atom. The fraction of sp³-hybridized carbons (Fsp3) is 0.677. The number of fused-ring (bicyclic) bond motifs is 1. The molecule has 246 valence electrons. The first kappa shape index (κ1) is 33.9. The molecule has 45 heavy (non-hydrogen) atoms. The van der Waals surface area contributed by atoms with Gasteiger partial charge in [-0.05, 0) is 57.1 Å². The van der Waals surface area contributed by atoms with Crippen molar-refractivity contribution in [3.63, 3.8) is 0 Å². The van der Waals surface area contributed by atoms with Gasteiger partial charge in [-0.25, -0.2) is 19.1 Å². The third-order valence-corrected chi connectivity index (χ3v) is 8.06. The topological polar surface area (TPSA) is 200 Å². The number of hydrogen-bond acceptors (Lipinski definition) is 12. The van der Waals surface area contributed by atoms with E-state index in [2.05, 4.69) is 15.4 Å². The van der Waals surface area contributed by atoms with Gasteiger partial charge >= 0.3 is 18.0 Å². The Bertz CT molecular complexity index is 1430. The number of ether oxygens (including phenoxy) is 4. The lowest BCUT2D eigenvalue weighted by Gasteiger charge is -2.31. The molecule has 5 atom stereocenters. The maximum atomic E-state index is 13.4. The fourth-order valence-electron chi connectivity index (χ4n) is 5.80. The average molecular weight is 629 g/mol. The van der Waals surface area contributed by atoms with E-state index < -0.39 is 65.6 Å². The van der Waals surface area contributed by atoms with Gasteiger partial charge in [-0.2, -0.15) is 10.4 Å². The number of hydrogen-bond donors (Lipinski definition) is 3. The van der Waals surface area contributed by atoms with Gasteiger partial charge in [0.1, 0.15) is 48.4 Å². The minimum absolute atomic E-state index is 0.128. The van der Waals surface area contributed by atoms with E-state index in [4.69, 9.17) is 24.7 Å². The van der Waals surface area contributed by atoms with Crippen LogP contribution >= 0.6 is 0 Å². The van der Waals surface area contributed by atoms with Crippen LogP contribution in [0.25, 0.3) is 5.52 Å². The van der Waals surface area contributed by atoms with Crippen LogP contribution in [0.2, 0.25) is 0 Å². The molecule has 14 heteroatoms. The summed E-state index contributed by atoms with van der Waals surface area (Å²) in [6.45, 7) is 9.84. The second-order valence-corrected chi connectivity index (χ2v) is 13.8. The summed E-state index contributed by atoms with van der Waals surface area (Å²) in [6, 6.07) is 4.01. The Morgan fingerprint density at radius 3 is 2.51 bits per heavy atom. The van der Waals surface area contributed by atoms with Crippen LogP contribution in [0.5, 0.6) is 0 Å². The van der Waals surface area contributed by atoms with E-state index in [0.717, 1.165) is 32.1 Å². The van der Waals surface area contributed by atoms with Crippen molar-refractivity contribution in [3.8, 4) is 6.07 Å². The van der Waals surface area contributed by atoms with E-state index >= 15 is 0 Å². The van der Waals surface area contributed by atoms with Crippen LogP contribution in [-0.2, 0) is 34.1 Å². The van der Waals surface area contributed by atoms with Crippen molar-refractivity contribution in [1.82, 2.24) is 19.9 Å². The highest BCUT2D eigenvalue weighted by Gasteiger charge is 2.60. The van der Waals surface area contributed by atoms with Crippen LogP contribution in [0, 0.1) is 22.7 Å². The number of rotatable bonds is 8. The average Bonchev–Trinajstić information content (AvgIpc) is 3.50. The number of aliphatic hydroxyl groups excluding tert-OH is 1. The Kier molecular flexibility index (Phi) is 9.94. The van der Waals surface area contributed by atoms with Crippen molar-refractivity contribution in [1.29, 1.82) is 5.26 Å². The molecule has 3 heterocycles. The normalized spacial score (nSPS) is 24.9. The quantitative estimate of drug-likeness (QED) is 0.285. The molecule has 14 nitrogen and oxygen atoms in total. The van der Waals surface area contributed by atoms with Crippen LogP contribution < -0.4 is 11.1 Å². The van der Waals surface area contributed by atoms with E-state index in [9.17, 15) is 24.8 Å². The summed E-state index contributed by atoms with van der Waals surface area (Å²) >= 11 is 0. The summed E-state index contributed by atoms with van der Waals surface area (Å²) in [6.07, 6.45) is 1.23. The summed E-state index contributed by atoms with van der Waals surface area (Å²) in [5, 5.41) is 28.8. The number of nitrogen functional groups attached to an aromatic ring is 1. The fourth-order valence-corrected chi connectivity index (χ4v) is 5.80. The molecule has 0 radical (unpaired) electrons. The third-order valence-electron chi connectivity index (χ3n) is 8.06. The van der Waals surface area contributed by atoms with Crippen molar-refractivity contribution >= 4 is 29.4 Å². The maximum absolute atomic E-state index is 13.4. The highest BCUT2D eigenvalue weighted by atomic mass is 16.6. The van der Waals surface area contributed by atoms with Gasteiger partial charge in [-0.3, -0.25) is 4.79 Å². The minimum Gasteiger partial charge on any atom is -0.461 e. The number of aliphatic hydroxyl groups is 1. The van der Waals surface area contributed by atoms with Crippen molar-refractivity contribution in [2.24, 2.45) is 11.3 Å². The predicted molar refractivity (Wildman–Crippen MR) is 160 cm³/mol. The number of alkyl carbamates (subject to hydrolysis) is 1. The van der Waals surface area contributed by atoms with Gasteiger partial charge in [0.15, 0.2) is 11.9 Å². The van der Waals surface area contributed by atoms with Gasteiger partial charge in [0.25, 0.3) is 0 Å². The molecule has 1 saturated carbocycles. The largest absolute Gasteiger partial charge is 0.461 e. The summed E-state index contributed by atoms with van der Waals surface area (Å²) in [7, 11) is 0. The molecule has 0 bridgehead atoms. The molecular weight excluding hydrogens is 584 g/mol. The number of anilines is 1. The van der Waals surface area contributed by atoms with E-state index in [1.165, 1.54) is 16.9 Å². The van der Waals surface area contributed by atoms with Crippen molar-refractivity contribution < 1.29 is 38.4 Å². The molecule has 1 aliphatic heterocycles. The van der Waals surface area contributed by atoms with Gasteiger partial charge < -0.3 is 35.1 Å². The number of carbonyl (C=O) groups excluding carboxylic acids is 3. The maximum Gasteiger partial charge on any atom is 0.408 e. The van der Waals surface area contributed by atoms with Gasteiger partial charge in [-0.15, -0.1) is 0 Å². The number of carbonyl (C=O) groups is 3. The summed E-state index contributed by atoms with van der Waals surface area (Å²) in [4.78, 5) is 43.0. The highest BCUT2D eigenvalue weighted by Crippen LogP contribution is 2.42. The van der Waals surface area contributed by atoms with E-state index in [-0.39, 0.29) is 23.9 Å². The number of esters is 2. The number of nitrogens with two attached hydrogens (primary N) is 1. The Labute approximate surface area is 262 Å². The van der Waals surface area contributed by atoms with Crippen LogP contribution in [0.3, 0.4) is 0 Å². The molecule has 0 spiro atoms. The van der Waals surface area contributed by atoms with E-state index in [1.807, 2.05) is 6.07 Å². The van der Waals surface area contributed by atoms with Gasteiger partial charge in [-0.1, -0.05) is 40.0 Å². The summed E-state index contributed by atoms with van der Waals surface area (Å²) < 4.78 is 24.2. The minimum atomic E-state index is -2.07. The molecule has 0 aromatic carbocycles. The summed E-state index contributed by atoms with van der Waals surface area (Å²) in [5.41, 5.74) is 2.84. The van der Waals surface area contributed by atoms with E-state index in [0.29, 0.717) is 5.52 Å².